The van der Waals surface area contributed by atoms with Crippen molar-refractivity contribution in [1.82, 2.24) is 14.7 Å². The lowest BCUT2D eigenvalue weighted by atomic mass is 9.80. The Balaban J connectivity index is 1.72. The molecule has 5 nitrogen and oxygen atoms in total. The predicted octanol–water partition coefficient (Wildman–Crippen LogP) is 6.49. The molecule has 0 N–H and O–H groups in total. The van der Waals surface area contributed by atoms with Crippen LogP contribution in [0.3, 0.4) is 0 Å². The minimum absolute atomic E-state index is 0.0230. The van der Waals surface area contributed by atoms with Crippen molar-refractivity contribution in [2.45, 2.75) is 64.3 Å². The number of amides is 1. The summed E-state index contributed by atoms with van der Waals surface area (Å²) >= 11 is 12.4. The second-order valence-electron chi connectivity index (χ2n) is 10.1. The Bertz CT molecular complexity index is 1100. The normalized spacial score (nSPS) is 25.1. The van der Waals surface area contributed by atoms with Crippen LogP contribution in [0.2, 0.25) is 10.0 Å². The summed E-state index contributed by atoms with van der Waals surface area (Å²) in [5.41, 5.74) is -1.33. The number of hydrogen-bond acceptors (Lipinski definition) is 3. The number of hydrogen-bond donors (Lipinski definition) is 0. The molecule has 1 saturated carbocycles. The lowest BCUT2D eigenvalue weighted by Crippen LogP contribution is -2.48. The molecular weight excluding hydrogens is 478 g/mol. The maximum absolute atomic E-state index is 13.7. The number of alkyl halides is 3. The van der Waals surface area contributed by atoms with Crippen molar-refractivity contribution in [2.75, 3.05) is 13.1 Å². The molecule has 0 radical (unpaired) electrons. The molecule has 4 rings (SSSR count). The first kappa shape index (κ1) is 24.2. The summed E-state index contributed by atoms with van der Waals surface area (Å²) in [4.78, 5) is 14.4. The van der Waals surface area contributed by atoms with E-state index in [4.69, 9.17) is 27.9 Å². The van der Waals surface area contributed by atoms with Gasteiger partial charge in [0, 0.05) is 30.5 Å². The lowest BCUT2D eigenvalue weighted by Gasteiger charge is -2.39. The highest BCUT2D eigenvalue weighted by Gasteiger charge is 2.70. The van der Waals surface area contributed by atoms with Gasteiger partial charge in [-0.2, -0.15) is 18.3 Å². The van der Waals surface area contributed by atoms with Crippen LogP contribution in [0.25, 0.3) is 0 Å². The van der Waals surface area contributed by atoms with Crippen LogP contribution in [0.1, 0.15) is 50.6 Å². The number of ether oxygens (including phenoxy) is 1. The van der Waals surface area contributed by atoms with Gasteiger partial charge in [-0.1, -0.05) is 29.3 Å². The molecule has 2 heterocycles. The number of nitrogens with zero attached hydrogens (tertiary/aromatic N) is 3. The van der Waals surface area contributed by atoms with E-state index in [0.29, 0.717) is 35.1 Å². The number of piperidine rings is 1. The molecule has 1 amide bonds. The third-order valence-electron chi connectivity index (χ3n) is 6.60. The summed E-state index contributed by atoms with van der Waals surface area (Å²) < 4.78 is 47.6. The number of aromatic nitrogens is 2. The smallest absolute Gasteiger partial charge is 0.433 e. The number of fused-ring (bicyclic) bond motifs is 1. The molecule has 1 aromatic carbocycles. The van der Waals surface area contributed by atoms with Gasteiger partial charge in [0.05, 0.1) is 15.7 Å². The second kappa shape index (κ2) is 7.80. The van der Waals surface area contributed by atoms with Crippen molar-refractivity contribution in [3.63, 3.8) is 0 Å². The predicted molar refractivity (Wildman–Crippen MR) is 120 cm³/mol. The van der Waals surface area contributed by atoms with E-state index in [2.05, 4.69) is 5.10 Å². The van der Waals surface area contributed by atoms with Gasteiger partial charge >= 0.3 is 12.3 Å². The van der Waals surface area contributed by atoms with Gasteiger partial charge in [0.25, 0.3) is 0 Å². The first-order valence-corrected chi connectivity index (χ1v) is 11.5. The third-order valence-corrected chi connectivity index (χ3v) is 7.34. The first-order valence-electron chi connectivity index (χ1n) is 10.7. The van der Waals surface area contributed by atoms with E-state index in [0.717, 1.165) is 16.3 Å². The Morgan fingerprint density at radius 3 is 2.48 bits per heavy atom. The first-order chi connectivity index (χ1) is 15.2. The van der Waals surface area contributed by atoms with E-state index in [1.807, 2.05) is 6.07 Å². The second-order valence-corrected chi connectivity index (χ2v) is 11.0. The van der Waals surface area contributed by atoms with E-state index < -0.39 is 34.4 Å². The molecule has 1 aromatic heterocycles. The van der Waals surface area contributed by atoms with Gasteiger partial charge in [0.2, 0.25) is 0 Å². The fraction of sp³-hybridized carbons (Fsp3) is 0.565. The molecular formula is C23H26Cl2F3N3O2. The maximum Gasteiger partial charge on any atom is 0.433 e. The number of halogens is 5. The van der Waals surface area contributed by atoms with E-state index >= 15 is 0 Å². The van der Waals surface area contributed by atoms with Crippen LogP contribution < -0.4 is 0 Å². The highest BCUT2D eigenvalue weighted by Crippen LogP contribution is 2.70. The summed E-state index contributed by atoms with van der Waals surface area (Å²) in [5, 5.41) is 4.95. The van der Waals surface area contributed by atoms with Gasteiger partial charge in [-0.05, 0) is 64.3 Å². The van der Waals surface area contributed by atoms with E-state index in [1.54, 1.807) is 37.8 Å². The van der Waals surface area contributed by atoms with E-state index in [-0.39, 0.29) is 13.1 Å². The van der Waals surface area contributed by atoms with E-state index in [9.17, 15) is 18.0 Å². The Morgan fingerprint density at radius 2 is 1.88 bits per heavy atom. The Morgan fingerprint density at radius 1 is 1.18 bits per heavy atom. The Hall–Kier alpha value is -1.93. The number of likely N-dealkylation sites (tertiary alicyclic amines) is 1. The van der Waals surface area contributed by atoms with Crippen molar-refractivity contribution < 1.29 is 22.7 Å². The summed E-state index contributed by atoms with van der Waals surface area (Å²) in [5.74, 6) is 0. The van der Waals surface area contributed by atoms with E-state index in [1.165, 1.54) is 6.92 Å². The molecule has 2 aliphatic rings. The van der Waals surface area contributed by atoms with Crippen LogP contribution in [0.5, 0.6) is 0 Å². The minimum Gasteiger partial charge on any atom is -0.444 e. The van der Waals surface area contributed by atoms with Gasteiger partial charge in [-0.15, -0.1) is 0 Å². The average molecular weight is 504 g/mol. The van der Waals surface area contributed by atoms with Crippen LogP contribution in [-0.2, 0) is 22.9 Å². The van der Waals surface area contributed by atoms with Crippen LogP contribution in [0, 0.1) is 12.3 Å². The molecule has 1 aliphatic heterocycles. The van der Waals surface area contributed by atoms with Gasteiger partial charge in [-0.25, -0.2) is 4.79 Å². The molecule has 10 heteroatoms. The number of rotatable bonds is 3. The summed E-state index contributed by atoms with van der Waals surface area (Å²) in [7, 11) is 0. The fourth-order valence-corrected chi connectivity index (χ4v) is 5.43. The average Bonchev–Trinajstić information content (AvgIpc) is 3.19. The molecule has 1 aliphatic carbocycles. The molecule has 0 spiro atoms. The Labute approximate surface area is 200 Å². The third kappa shape index (κ3) is 4.44. The fourth-order valence-electron chi connectivity index (χ4n) is 5.13. The maximum atomic E-state index is 13.7. The van der Waals surface area contributed by atoms with Crippen LogP contribution >= 0.6 is 23.2 Å². The van der Waals surface area contributed by atoms with Gasteiger partial charge in [-0.3, -0.25) is 4.68 Å². The van der Waals surface area contributed by atoms with Gasteiger partial charge in [0.1, 0.15) is 11.3 Å². The number of aryl methyl sites for hydroxylation is 1. The van der Waals surface area contributed by atoms with Crippen LogP contribution in [-0.4, -0.2) is 39.5 Å². The molecule has 2 atom stereocenters. The lowest BCUT2D eigenvalue weighted by molar-refractivity contribution is -0.144. The van der Waals surface area contributed by atoms with Crippen LogP contribution in [0.15, 0.2) is 24.3 Å². The SMILES string of the molecule is Cc1cc(C(F)(F)F)n(CC23CN(C(=O)OC(C)(C)C)CCC2(c2ccc(Cl)c(Cl)c2)C3)n1. The van der Waals surface area contributed by atoms with Crippen molar-refractivity contribution in [3.8, 4) is 0 Å². The Kier molecular flexibility index (Phi) is 5.72. The molecule has 2 unspecified atom stereocenters. The standard InChI is InChI=1S/C23H26Cl2F3N3O2/c1-14-9-18(23(26,27)28)31(29-14)13-21-11-22(21,15-5-6-16(24)17(25)10-15)7-8-30(12-21)19(32)33-20(2,3)4/h5-6,9-10H,7-8,11-13H2,1-4H3. The van der Waals surface area contributed by atoms with Crippen molar-refractivity contribution >= 4 is 29.3 Å². The highest BCUT2D eigenvalue weighted by atomic mass is 35.5. The molecule has 2 aromatic rings. The summed E-state index contributed by atoms with van der Waals surface area (Å²) in [6.07, 6.45) is -3.82. The zero-order valence-electron chi connectivity index (χ0n) is 18.9. The minimum atomic E-state index is -4.53. The number of carbonyl (C=O) groups is 1. The summed E-state index contributed by atoms with van der Waals surface area (Å²) in [6.45, 7) is 7.60. The molecule has 2 fully saturated rings. The quantitative estimate of drug-likeness (QED) is 0.481. The van der Waals surface area contributed by atoms with Gasteiger partial charge < -0.3 is 9.64 Å². The monoisotopic (exact) mass is 503 g/mol. The molecule has 0 bridgehead atoms. The molecule has 180 valence electrons. The topological polar surface area (TPSA) is 47.4 Å². The number of benzene rings is 1. The van der Waals surface area contributed by atoms with Crippen molar-refractivity contribution in [3.05, 3.63) is 51.3 Å². The highest BCUT2D eigenvalue weighted by molar-refractivity contribution is 6.42. The molecule has 1 saturated heterocycles. The molecule has 33 heavy (non-hydrogen) atoms. The zero-order chi connectivity index (χ0) is 24.4. The van der Waals surface area contributed by atoms with Crippen LogP contribution in [0.4, 0.5) is 18.0 Å². The van der Waals surface area contributed by atoms with Crippen molar-refractivity contribution in [1.29, 1.82) is 0 Å². The largest absolute Gasteiger partial charge is 0.444 e. The van der Waals surface area contributed by atoms with Gasteiger partial charge in [0.15, 0.2) is 0 Å². The number of carbonyl (C=O) groups excluding carboxylic acids is 1. The summed E-state index contributed by atoms with van der Waals surface area (Å²) in [6, 6.07) is 6.41. The zero-order valence-corrected chi connectivity index (χ0v) is 20.4. The van der Waals surface area contributed by atoms with Crippen molar-refractivity contribution in [2.24, 2.45) is 5.41 Å².